The van der Waals surface area contributed by atoms with Crippen LogP contribution in [0.25, 0.3) is 5.69 Å². The zero-order valence-corrected chi connectivity index (χ0v) is 12.7. The van der Waals surface area contributed by atoms with Crippen molar-refractivity contribution < 1.29 is 4.79 Å². The molecule has 5 nitrogen and oxygen atoms in total. The largest absolute Gasteiger partial charge is 0.321 e. The summed E-state index contributed by atoms with van der Waals surface area (Å²) >= 11 is 12.2. The molecule has 0 bridgehead atoms. The molecule has 0 saturated carbocycles. The molecule has 0 saturated heterocycles. The van der Waals surface area contributed by atoms with Gasteiger partial charge in [-0.2, -0.15) is 0 Å². The molecule has 110 valence electrons. The third-order valence-electron chi connectivity index (χ3n) is 3.04. The summed E-state index contributed by atoms with van der Waals surface area (Å²) in [7, 11) is 0. The minimum absolute atomic E-state index is 0.326. The van der Waals surface area contributed by atoms with Gasteiger partial charge in [-0.1, -0.05) is 35.3 Å². The second-order valence-electron chi connectivity index (χ2n) is 4.47. The predicted octanol–water partition coefficient (Wildman–Crippen LogP) is 3.83. The van der Waals surface area contributed by atoms with Crippen LogP contribution in [0, 0.1) is 0 Å². The zero-order chi connectivity index (χ0) is 15.5. The van der Waals surface area contributed by atoms with E-state index in [1.54, 1.807) is 59.7 Å². The fourth-order valence-electron chi connectivity index (χ4n) is 1.94. The van der Waals surface area contributed by atoms with Gasteiger partial charge < -0.3 is 5.32 Å². The maximum Gasteiger partial charge on any atom is 0.257 e. The van der Waals surface area contributed by atoms with Gasteiger partial charge in [0.2, 0.25) is 0 Å². The van der Waals surface area contributed by atoms with Crippen LogP contribution in [0.5, 0.6) is 0 Å². The van der Waals surface area contributed by atoms with E-state index in [4.69, 9.17) is 23.2 Å². The van der Waals surface area contributed by atoms with Crippen molar-refractivity contribution in [3.63, 3.8) is 0 Å². The average Bonchev–Trinajstić information content (AvgIpc) is 3.03. The average molecular weight is 333 g/mol. The zero-order valence-electron chi connectivity index (χ0n) is 11.2. The lowest BCUT2D eigenvalue weighted by Gasteiger charge is -2.09. The number of halogens is 2. The summed E-state index contributed by atoms with van der Waals surface area (Å²) in [4.78, 5) is 12.3. The molecule has 2 aromatic carbocycles. The van der Waals surface area contributed by atoms with Crippen LogP contribution in [-0.2, 0) is 0 Å². The van der Waals surface area contributed by atoms with Crippen LogP contribution in [0.3, 0.4) is 0 Å². The van der Waals surface area contributed by atoms with Crippen LogP contribution in [-0.4, -0.2) is 20.7 Å². The second kappa shape index (κ2) is 6.17. The Bertz CT molecular complexity index is 818. The highest BCUT2D eigenvalue weighted by Gasteiger charge is 2.13. The number of hydrogen-bond donors (Lipinski definition) is 1. The van der Waals surface area contributed by atoms with E-state index < -0.39 is 0 Å². The molecule has 3 aromatic rings. The van der Waals surface area contributed by atoms with Crippen molar-refractivity contribution in [1.82, 2.24) is 14.8 Å². The number of nitrogens with zero attached hydrogens (tertiary/aromatic N) is 3. The first-order valence-electron chi connectivity index (χ1n) is 6.35. The van der Waals surface area contributed by atoms with Crippen LogP contribution >= 0.6 is 23.2 Å². The van der Waals surface area contributed by atoms with Gasteiger partial charge in [0.25, 0.3) is 5.91 Å². The molecule has 0 unspecified atom stereocenters. The minimum Gasteiger partial charge on any atom is -0.321 e. The molecular formula is C15H10Cl2N4O. The standard InChI is InChI=1S/C15H10Cl2N4O/c16-12-3-1-2-4-14(12)20-15(22)11-6-5-10(7-13(11)17)21-8-18-19-9-21/h1-9H,(H,20,22). The number of nitrogens with one attached hydrogen (secondary N) is 1. The number of amides is 1. The van der Waals surface area contributed by atoms with Crippen LogP contribution in [0.15, 0.2) is 55.1 Å². The van der Waals surface area contributed by atoms with E-state index in [9.17, 15) is 4.79 Å². The van der Waals surface area contributed by atoms with E-state index in [-0.39, 0.29) is 5.91 Å². The topological polar surface area (TPSA) is 59.8 Å². The lowest BCUT2D eigenvalue weighted by atomic mass is 10.2. The van der Waals surface area contributed by atoms with Crippen molar-refractivity contribution in [3.8, 4) is 5.69 Å². The second-order valence-corrected chi connectivity index (χ2v) is 5.28. The van der Waals surface area contributed by atoms with Gasteiger partial charge in [-0.3, -0.25) is 9.36 Å². The Morgan fingerprint density at radius 1 is 1.00 bits per heavy atom. The molecule has 7 heteroatoms. The smallest absolute Gasteiger partial charge is 0.257 e. The van der Waals surface area contributed by atoms with E-state index >= 15 is 0 Å². The van der Waals surface area contributed by atoms with Crippen molar-refractivity contribution in [1.29, 1.82) is 0 Å². The maximum atomic E-state index is 12.3. The van der Waals surface area contributed by atoms with E-state index in [1.165, 1.54) is 0 Å². The van der Waals surface area contributed by atoms with Gasteiger partial charge in [0.15, 0.2) is 0 Å². The van der Waals surface area contributed by atoms with Gasteiger partial charge in [-0.05, 0) is 30.3 Å². The van der Waals surface area contributed by atoms with Crippen molar-refractivity contribution in [3.05, 3.63) is 70.7 Å². The molecule has 1 heterocycles. The number of rotatable bonds is 3. The van der Waals surface area contributed by atoms with Crippen molar-refractivity contribution in [2.24, 2.45) is 0 Å². The van der Waals surface area contributed by atoms with Crippen LogP contribution in [0.4, 0.5) is 5.69 Å². The molecule has 0 fully saturated rings. The van der Waals surface area contributed by atoms with E-state index in [0.29, 0.717) is 21.3 Å². The van der Waals surface area contributed by atoms with Crippen molar-refractivity contribution in [2.75, 3.05) is 5.32 Å². The first kappa shape index (κ1) is 14.6. The van der Waals surface area contributed by atoms with Crippen LogP contribution in [0.2, 0.25) is 10.0 Å². The van der Waals surface area contributed by atoms with Gasteiger partial charge in [-0.15, -0.1) is 10.2 Å². The summed E-state index contributed by atoms with van der Waals surface area (Å²) in [6, 6.07) is 12.1. The SMILES string of the molecule is O=C(Nc1ccccc1Cl)c1ccc(-n2cnnc2)cc1Cl. The quantitative estimate of drug-likeness (QED) is 0.792. The number of benzene rings is 2. The summed E-state index contributed by atoms with van der Waals surface area (Å²) in [5, 5.41) is 11.0. The predicted molar refractivity (Wildman–Crippen MR) is 85.8 cm³/mol. The van der Waals surface area contributed by atoms with Gasteiger partial charge in [0, 0.05) is 5.69 Å². The van der Waals surface area contributed by atoms with E-state index in [1.807, 2.05) is 0 Å². The van der Waals surface area contributed by atoms with Gasteiger partial charge in [-0.25, -0.2) is 0 Å². The molecule has 1 amide bonds. The van der Waals surface area contributed by atoms with E-state index in [2.05, 4.69) is 15.5 Å². The normalized spacial score (nSPS) is 10.5. The Kier molecular flexibility index (Phi) is 4.09. The Hall–Kier alpha value is -2.37. The molecule has 0 aliphatic carbocycles. The molecular weight excluding hydrogens is 323 g/mol. The molecule has 0 radical (unpaired) electrons. The molecule has 1 aromatic heterocycles. The Morgan fingerprint density at radius 2 is 1.73 bits per heavy atom. The Balaban J connectivity index is 1.86. The molecule has 0 atom stereocenters. The fourth-order valence-corrected chi connectivity index (χ4v) is 2.38. The van der Waals surface area contributed by atoms with Gasteiger partial charge in [0.05, 0.1) is 21.3 Å². The summed E-state index contributed by atoms with van der Waals surface area (Å²) in [5.41, 5.74) is 1.66. The van der Waals surface area contributed by atoms with Crippen molar-refractivity contribution >= 4 is 34.8 Å². The Labute approximate surface area is 136 Å². The highest BCUT2D eigenvalue weighted by molar-refractivity contribution is 6.36. The van der Waals surface area contributed by atoms with Crippen LogP contribution in [0.1, 0.15) is 10.4 Å². The number of para-hydroxylation sites is 1. The lowest BCUT2D eigenvalue weighted by Crippen LogP contribution is -2.13. The molecule has 3 rings (SSSR count). The number of carbonyl (C=O) groups is 1. The van der Waals surface area contributed by atoms with Gasteiger partial charge in [0.1, 0.15) is 12.7 Å². The summed E-state index contributed by atoms with van der Waals surface area (Å²) in [6.45, 7) is 0. The summed E-state index contributed by atoms with van der Waals surface area (Å²) < 4.78 is 1.70. The number of aromatic nitrogens is 3. The number of hydrogen-bond acceptors (Lipinski definition) is 3. The van der Waals surface area contributed by atoms with Gasteiger partial charge >= 0.3 is 0 Å². The lowest BCUT2D eigenvalue weighted by molar-refractivity contribution is 0.102. The maximum absolute atomic E-state index is 12.3. The van der Waals surface area contributed by atoms with E-state index in [0.717, 1.165) is 5.69 Å². The Morgan fingerprint density at radius 3 is 2.41 bits per heavy atom. The first-order valence-corrected chi connectivity index (χ1v) is 7.11. The minimum atomic E-state index is -0.326. The molecule has 22 heavy (non-hydrogen) atoms. The van der Waals surface area contributed by atoms with Crippen LogP contribution < -0.4 is 5.32 Å². The first-order chi connectivity index (χ1) is 10.6. The van der Waals surface area contributed by atoms with Crippen molar-refractivity contribution in [2.45, 2.75) is 0 Å². The molecule has 0 aliphatic heterocycles. The highest BCUT2D eigenvalue weighted by Crippen LogP contribution is 2.24. The summed E-state index contributed by atoms with van der Waals surface area (Å²) in [6.07, 6.45) is 3.10. The third-order valence-corrected chi connectivity index (χ3v) is 3.68. The monoisotopic (exact) mass is 332 g/mol. The molecule has 1 N–H and O–H groups in total. The third kappa shape index (κ3) is 2.95. The molecule has 0 aliphatic rings. The molecule has 0 spiro atoms. The fraction of sp³-hybridized carbons (Fsp3) is 0. The number of anilines is 1. The number of carbonyl (C=O) groups excluding carboxylic acids is 1. The highest BCUT2D eigenvalue weighted by atomic mass is 35.5. The summed E-state index contributed by atoms with van der Waals surface area (Å²) in [5.74, 6) is -0.326.